The topological polar surface area (TPSA) is 3.24 Å². The first-order valence-corrected chi connectivity index (χ1v) is 6.63. The predicted molar refractivity (Wildman–Crippen MR) is 75.8 cm³/mol. The lowest BCUT2D eigenvalue weighted by molar-refractivity contribution is 0.296. The lowest BCUT2D eigenvalue weighted by atomic mass is 10.2. The first kappa shape index (κ1) is 17.6. The molecule has 1 aromatic carbocycles. The minimum absolute atomic E-state index is 1.08. The largest absolute Gasteiger partial charge is 0.300 e. The zero-order valence-electron chi connectivity index (χ0n) is 12.0. The summed E-state index contributed by atoms with van der Waals surface area (Å²) < 4.78 is 0. The van der Waals surface area contributed by atoms with Crippen LogP contribution in [0.25, 0.3) is 0 Å². The Kier molecular flexibility index (Phi) is 15.6. The van der Waals surface area contributed by atoms with E-state index in [1.807, 2.05) is 27.7 Å². The van der Waals surface area contributed by atoms with Gasteiger partial charge in [0.25, 0.3) is 0 Å². The Bertz CT molecular complexity index is 202. The van der Waals surface area contributed by atoms with E-state index >= 15 is 0 Å². The Morgan fingerprint density at radius 2 is 1.25 bits per heavy atom. The molecule has 94 valence electrons. The molecule has 0 aliphatic heterocycles. The molecule has 0 fully saturated rings. The third-order valence-electron chi connectivity index (χ3n) is 2.14. The molecule has 0 bridgehead atoms. The minimum Gasteiger partial charge on any atom is -0.300 e. The van der Waals surface area contributed by atoms with Gasteiger partial charge in [0.05, 0.1) is 0 Å². The van der Waals surface area contributed by atoms with E-state index in [0.717, 1.165) is 19.6 Å². The van der Waals surface area contributed by atoms with Crippen molar-refractivity contribution in [3.8, 4) is 0 Å². The Morgan fingerprint density at radius 1 is 0.812 bits per heavy atom. The third-order valence-corrected chi connectivity index (χ3v) is 2.14. The minimum atomic E-state index is 1.08. The number of rotatable bonds is 4. The maximum atomic E-state index is 2.41. The van der Waals surface area contributed by atoms with Crippen molar-refractivity contribution in [2.75, 3.05) is 13.1 Å². The summed E-state index contributed by atoms with van der Waals surface area (Å²) in [5, 5.41) is 0. The number of benzene rings is 1. The molecule has 0 spiro atoms. The fraction of sp³-hybridized carbons (Fsp3) is 0.600. The molecule has 0 amide bonds. The summed E-state index contributed by atoms with van der Waals surface area (Å²) >= 11 is 0. The van der Waals surface area contributed by atoms with Gasteiger partial charge in [0.1, 0.15) is 0 Å². The molecular weight excluding hydrogens is 194 g/mol. The zero-order valence-corrected chi connectivity index (χ0v) is 12.0. The Balaban J connectivity index is 0. The van der Waals surface area contributed by atoms with E-state index in [9.17, 15) is 0 Å². The molecule has 0 heterocycles. The summed E-state index contributed by atoms with van der Waals surface area (Å²) in [7, 11) is 0. The van der Waals surface area contributed by atoms with Gasteiger partial charge in [-0.05, 0) is 18.7 Å². The third kappa shape index (κ3) is 8.49. The van der Waals surface area contributed by atoms with Crippen molar-refractivity contribution in [2.24, 2.45) is 0 Å². The molecule has 1 aromatic rings. The fourth-order valence-corrected chi connectivity index (χ4v) is 1.29. The van der Waals surface area contributed by atoms with Crippen LogP contribution in [-0.4, -0.2) is 18.0 Å². The molecule has 0 atom stereocenters. The highest BCUT2D eigenvalue weighted by Crippen LogP contribution is 2.02. The number of nitrogens with zero attached hydrogens (tertiary/aromatic N) is 1. The highest BCUT2D eigenvalue weighted by Gasteiger charge is 1.98. The molecule has 0 aliphatic carbocycles. The van der Waals surface area contributed by atoms with Gasteiger partial charge in [-0.3, -0.25) is 4.90 Å². The van der Waals surface area contributed by atoms with Gasteiger partial charge < -0.3 is 0 Å². The van der Waals surface area contributed by atoms with Crippen molar-refractivity contribution in [2.45, 2.75) is 48.1 Å². The van der Waals surface area contributed by atoms with Crippen molar-refractivity contribution < 1.29 is 0 Å². The van der Waals surface area contributed by atoms with E-state index in [2.05, 4.69) is 49.1 Å². The molecule has 1 heteroatoms. The Hall–Kier alpha value is -0.820. The lowest BCUT2D eigenvalue weighted by Crippen LogP contribution is -2.21. The molecule has 1 rings (SSSR count). The maximum absolute atomic E-state index is 2.41. The number of hydrogen-bond donors (Lipinski definition) is 0. The molecule has 0 radical (unpaired) electrons. The highest BCUT2D eigenvalue weighted by atomic mass is 15.1. The monoisotopic (exact) mass is 223 g/mol. The molecular formula is C15H29N. The van der Waals surface area contributed by atoms with Gasteiger partial charge in [0.2, 0.25) is 0 Å². The van der Waals surface area contributed by atoms with Crippen LogP contribution in [0.1, 0.15) is 47.1 Å². The SMILES string of the molecule is CC.CC.CCN(CC)Cc1ccccc1. The zero-order chi connectivity index (χ0) is 12.8. The number of hydrogen-bond acceptors (Lipinski definition) is 1. The van der Waals surface area contributed by atoms with Crippen molar-refractivity contribution in [1.82, 2.24) is 4.90 Å². The van der Waals surface area contributed by atoms with Gasteiger partial charge in [-0.25, -0.2) is 0 Å². The van der Waals surface area contributed by atoms with Crippen LogP contribution in [-0.2, 0) is 6.54 Å². The second-order valence-electron chi connectivity index (χ2n) is 2.95. The summed E-state index contributed by atoms with van der Waals surface area (Å²) in [5.41, 5.74) is 1.40. The Morgan fingerprint density at radius 3 is 1.62 bits per heavy atom. The molecule has 1 nitrogen and oxygen atoms in total. The quantitative estimate of drug-likeness (QED) is 0.722. The maximum Gasteiger partial charge on any atom is 0.0233 e. The summed E-state index contributed by atoms with van der Waals surface area (Å²) in [6.45, 7) is 15.7. The van der Waals surface area contributed by atoms with Gasteiger partial charge in [0.15, 0.2) is 0 Å². The van der Waals surface area contributed by atoms with Crippen molar-refractivity contribution in [3.05, 3.63) is 35.9 Å². The van der Waals surface area contributed by atoms with Gasteiger partial charge >= 0.3 is 0 Å². The van der Waals surface area contributed by atoms with E-state index in [4.69, 9.17) is 0 Å². The summed E-state index contributed by atoms with van der Waals surface area (Å²) in [6.07, 6.45) is 0. The molecule has 0 unspecified atom stereocenters. The van der Waals surface area contributed by atoms with Crippen molar-refractivity contribution >= 4 is 0 Å². The summed E-state index contributed by atoms with van der Waals surface area (Å²) in [4.78, 5) is 2.41. The van der Waals surface area contributed by atoms with E-state index in [-0.39, 0.29) is 0 Å². The van der Waals surface area contributed by atoms with Gasteiger partial charge in [-0.1, -0.05) is 71.9 Å². The summed E-state index contributed by atoms with van der Waals surface area (Å²) in [5.74, 6) is 0. The average Bonchev–Trinajstić information content (AvgIpc) is 2.42. The molecule has 0 aliphatic rings. The second-order valence-corrected chi connectivity index (χ2v) is 2.95. The first-order valence-electron chi connectivity index (χ1n) is 6.63. The van der Waals surface area contributed by atoms with Crippen LogP contribution >= 0.6 is 0 Å². The van der Waals surface area contributed by atoms with Crippen LogP contribution in [0.2, 0.25) is 0 Å². The van der Waals surface area contributed by atoms with Crippen LogP contribution in [0.3, 0.4) is 0 Å². The molecule has 0 N–H and O–H groups in total. The smallest absolute Gasteiger partial charge is 0.0233 e. The lowest BCUT2D eigenvalue weighted by Gasteiger charge is -2.17. The fourth-order valence-electron chi connectivity index (χ4n) is 1.29. The highest BCUT2D eigenvalue weighted by molar-refractivity contribution is 5.14. The van der Waals surface area contributed by atoms with Crippen LogP contribution in [0, 0.1) is 0 Å². The Labute approximate surface area is 102 Å². The standard InChI is InChI=1S/C11H17N.2C2H6/c1-3-12(4-2)10-11-8-6-5-7-9-11;2*1-2/h5-9H,3-4,10H2,1-2H3;2*1-2H3. The van der Waals surface area contributed by atoms with E-state index in [0.29, 0.717) is 0 Å². The first-order chi connectivity index (χ1) is 7.86. The van der Waals surface area contributed by atoms with Crippen molar-refractivity contribution in [1.29, 1.82) is 0 Å². The predicted octanol–water partition coefficient (Wildman–Crippen LogP) is 4.58. The van der Waals surface area contributed by atoms with Gasteiger partial charge in [-0.2, -0.15) is 0 Å². The molecule has 0 saturated carbocycles. The van der Waals surface area contributed by atoms with Crippen LogP contribution in [0.15, 0.2) is 30.3 Å². The van der Waals surface area contributed by atoms with Crippen LogP contribution in [0.4, 0.5) is 0 Å². The average molecular weight is 223 g/mol. The summed E-state index contributed by atoms with van der Waals surface area (Å²) in [6, 6.07) is 10.6. The van der Waals surface area contributed by atoms with E-state index < -0.39 is 0 Å². The van der Waals surface area contributed by atoms with Crippen molar-refractivity contribution in [3.63, 3.8) is 0 Å². The van der Waals surface area contributed by atoms with E-state index in [1.54, 1.807) is 0 Å². The van der Waals surface area contributed by atoms with Crippen LogP contribution < -0.4 is 0 Å². The second kappa shape index (κ2) is 14.2. The molecule has 0 saturated heterocycles. The van der Waals surface area contributed by atoms with E-state index in [1.165, 1.54) is 5.56 Å². The normalized spacial score (nSPS) is 8.69. The van der Waals surface area contributed by atoms with Crippen LogP contribution in [0.5, 0.6) is 0 Å². The molecule has 0 aromatic heterocycles. The molecule has 16 heavy (non-hydrogen) atoms. The van der Waals surface area contributed by atoms with Gasteiger partial charge in [0, 0.05) is 6.54 Å². The van der Waals surface area contributed by atoms with Gasteiger partial charge in [-0.15, -0.1) is 0 Å².